The van der Waals surface area contributed by atoms with Gasteiger partial charge in [-0.25, -0.2) is 4.98 Å². The second-order valence-electron chi connectivity index (χ2n) is 17.8. The van der Waals surface area contributed by atoms with Crippen LogP contribution in [0.1, 0.15) is 79.0 Å². The highest BCUT2D eigenvalue weighted by Gasteiger charge is 2.25. The molecule has 0 bridgehead atoms. The fourth-order valence-electron chi connectivity index (χ4n) is 7.91. The molecule has 8 aromatic rings. The largest absolute Gasteiger partial charge is 0.507 e. The first-order valence-electron chi connectivity index (χ1n) is 21.5. The monoisotopic (exact) mass is 762 g/mol. The van der Waals surface area contributed by atoms with Gasteiger partial charge in [-0.3, -0.25) is 9.55 Å². The number of fused-ring (bicyclic) bond motifs is 1. The summed E-state index contributed by atoms with van der Waals surface area (Å²) in [6, 6.07) is 43.6. The van der Waals surface area contributed by atoms with Crippen LogP contribution in [0.25, 0.3) is 72.7 Å². The molecule has 0 aliphatic carbocycles. The maximum Gasteiger partial charge on any atom is 0.149 e. The number of nitrogens with zero attached hydrogens (tertiary/aromatic N) is 3. The van der Waals surface area contributed by atoms with Crippen LogP contribution in [0.4, 0.5) is 0 Å². The number of para-hydroxylation sites is 1. The fraction of sp³-hybridized carbons (Fsp3) is 0.222. The van der Waals surface area contributed by atoms with Crippen molar-refractivity contribution in [2.24, 2.45) is 0 Å². The van der Waals surface area contributed by atoms with Crippen LogP contribution >= 0.6 is 0 Å². The molecule has 2 aromatic heterocycles. The summed E-state index contributed by atoms with van der Waals surface area (Å²) >= 11 is 0. The van der Waals surface area contributed by atoms with E-state index in [0.29, 0.717) is 17.0 Å². The standard InChI is InChI=1S/C54H53N3O/c1-33-14-17-37(18-15-33)39-24-25-55-47(32-39)41-29-40(30-43(31-41)54(8,9)10)44-12-11-13-49-50(44)56-52(46-28-35(3)26-36(4)51(46)58)57(49)48-23-16-34(2)27-45(48)38-19-21-42(22-20-38)53(5,6)7/h11-32,58H,1-10H3/i1D3. The minimum atomic E-state index is -2.16. The first-order valence-corrected chi connectivity index (χ1v) is 20.0. The van der Waals surface area contributed by atoms with Gasteiger partial charge in [-0.05, 0) is 131 Å². The molecule has 0 radical (unpaired) electrons. The van der Waals surface area contributed by atoms with Gasteiger partial charge in [0.05, 0.1) is 28.0 Å². The van der Waals surface area contributed by atoms with E-state index < -0.39 is 6.85 Å². The van der Waals surface area contributed by atoms with Gasteiger partial charge >= 0.3 is 0 Å². The van der Waals surface area contributed by atoms with Crippen molar-refractivity contribution in [1.82, 2.24) is 14.5 Å². The van der Waals surface area contributed by atoms with Crippen LogP contribution in [-0.4, -0.2) is 19.6 Å². The van der Waals surface area contributed by atoms with Gasteiger partial charge in [-0.2, -0.15) is 0 Å². The Kier molecular flexibility index (Phi) is 8.79. The summed E-state index contributed by atoms with van der Waals surface area (Å²) < 4.78 is 25.7. The van der Waals surface area contributed by atoms with E-state index in [9.17, 15) is 5.11 Å². The van der Waals surface area contributed by atoms with Gasteiger partial charge in [0.1, 0.15) is 11.6 Å². The molecule has 0 aliphatic heterocycles. The van der Waals surface area contributed by atoms with Gasteiger partial charge in [-0.1, -0.05) is 132 Å². The number of aryl methyl sites for hydroxylation is 4. The SMILES string of the molecule is [2H]C([2H])([2H])c1ccc(-c2ccnc(-c3cc(-c4cccc5c4nc(-c4cc(C)cc(C)c4O)n5-c4ccc(C)cc4-c4ccc(C(C)(C)C)cc4)cc(C(C)(C)C)c3)c2)cc1. The maximum absolute atomic E-state index is 11.8. The summed E-state index contributed by atoms with van der Waals surface area (Å²) in [5, 5.41) is 11.8. The summed E-state index contributed by atoms with van der Waals surface area (Å²) in [7, 11) is 0. The van der Waals surface area contributed by atoms with Gasteiger partial charge < -0.3 is 5.11 Å². The summed E-state index contributed by atoms with van der Waals surface area (Å²) in [6.45, 7) is 17.3. The Morgan fingerprint density at radius 1 is 0.552 bits per heavy atom. The van der Waals surface area contributed by atoms with E-state index in [2.05, 4.69) is 145 Å². The highest BCUT2D eigenvalue weighted by atomic mass is 16.3. The molecule has 0 saturated carbocycles. The van der Waals surface area contributed by atoms with Crippen molar-refractivity contribution >= 4 is 11.0 Å². The summed E-state index contributed by atoms with van der Waals surface area (Å²) in [5.74, 6) is 0.872. The minimum absolute atomic E-state index is 0.0247. The van der Waals surface area contributed by atoms with E-state index >= 15 is 0 Å². The Morgan fingerprint density at radius 3 is 1.93 bits per heavy atom. The van der Waals surface area contributed by atoms with Crippen LogP contribution in [-0.2, 0) is 10.8 Å². The molecule has 8 rings (SSSR count). The lowest BCUT2D eigenvalue weighted by atomic mass is 9.83. The van der Waals surface area contributed by atoms with Gasteiger partial charge in [0.15, 0.2) is 0 Å². The molecule has 0 unspecified atom stereocenters. The molecule has 1 N–H and O–H groups in total. The van der Waals surface area contributed by atoms with Crippen LogP contribution in [0.5, 0.6) is 5.75 Å². The minimum Gasteiger partial charge on any atom is -0.507 e. The van der Waals surface area contributed by atoms with Crippen LogP contribution < -0.4 is 0 Å². The molecule has 0 amide bonds. The van der Waals surface area contributed by atoms with Crippen molar-refractivity contribution in [3.05, 3.63) is 167 Å². The molecular weight excluding hydrogens is 707 g/mol. The van der Waals surface area contributed by atoms with Crippen molar-refractivity contribution in [1.29, 1.82) is 0 Å². The van der Waals surface area contributed by atoms with E-state index in [-0.39, 0.29) is 16.6 Å². The van der Waals surface area contributed by atoms with Crippen LogP contribution in [0.15, 0.2) is 134 Å². The summed E-state index contributed by atoms with van der Waals surface area (Å²) in [4.78, 5) is 10.4. The first kappa shape index (κ1) is 34.9. The van der Waals surface area contributed by atoms with Crippen molar-refractivity contribution < 1.29 is 9.22 Å². The van der Waals surface area contributed by atoms with E-state index in [1.165, 1.54) is 5.56 Å². The highest BCUT2D eigenvalue weighted by molar-refractivity contribution is 5.98. The van der Waals surface area contributed by atoms with Gasteiger partial charge in [0.25, 0.3) is 0 Å². The highest BCUT2D eigenvalue weighted by Crippen LogP contribution is 2.43. The second-order valence-corrected chi connectivity index (χ2v) is 17.8. The molecule has 58 heavy (non-hydrogen) atoms. The van der Waals surface area contributed by atoms with E-state index in [0.717, 1.165) is 83.6 Å². The van der Waals surface area contributed by atoms with E-state index in [1.54, 1.807) is 12.1 Å². The molecule has 290 valence electrons. The average Bonchev–Trinajstić information content (AvgIpc) is 3.60. The zero-order chi connectivity index (χ0) is 43.6. The summed E-state index contributed by atoms with van der Waals surface area (Å²) in [6.07, 6.45) is 1.81. The van der Waals surface area contributed by atoms with E-state index in [4.69, 9.17) is 14.1 Å². The quantitative estimate of drug-likeness (QED) is 0.184. The average molecular weight is 763 g/mol. The topological polar surface area (TPSA) is 50.9 Å². The molecule has 4 heteroatoms. The number of phenols is 1. The zero-order valence-corrected chi connectivity index (χ0v) is 35.0. The van der Waals surface area contributed by atoms with Crippen molar-refractivity contribution in [3.8, 4) is 67.5 Å². The van der Waals surface area contributed by atoms with Crippen molar-refractivity contribution in [2.75, 3.05) is 0 Å². The lowest BCUT2D eigenvalue weighted by Crippen LogP contribution is -2.11. The van der Waals surface area contributed by atoms with Gasteiger partial charge in [0.2, 0.25) is 0 Å². The molecule has 4 nitrogen and oxygen atoms in total. The molecule has 0 aliphatic rings. The third kappa shape index (κ3) is 7.36. The predicted molar refractivity (Wildman–Crippen MR) is 244 cm³/mol. The van der Waals surface area contributed by atoms with Crippen LogP contribution in [0, 0.1) is 27.6 Å². The Bertz CT molecular complexity index is 2940. The first-order chi connectivity index (χ1) is 28.8. The third-order valence-corrected chi connectivity index (χ3v) is 11.2. The van der Waals surface area contributed by atoms with Crippen LogP contribution in [0.3, 0.4) is 0 Å². The molecule has 0 atom stereocenters. The van der Waals surface area contributed by atoms with Crippen molar-refractivity contribution in [2.45, 2.75) is 80.0 Å². The number of hydrogen-bond acceptors (Lipinski definition) is 3. The molecule has 0 fully saturated rings. The molecule has 6 aromatic carbocycles. The Morgan fingerprint density at radius 2 is 1.22 bits per heavy atom. The second kappa shape index (κ2) is 14.6. The molecule has 2 heterocycles. The number of hydrogen-bond donors (Lipinski definition) is 1. The Balaban J connectivity index is 1.36. The maximum atomic E-state index is 11.8. The fourth-order valence-corrected chi connectivity index (χ4v) is 7.91. The Labute approximate surface area is 348 Å². The number of pyridine rings is 1. The summed E-state index contributed by atoms with van der Waals surface area (Å²) in [5.41, 5.74) is 16.7. The molecule has 0 saturated heterocycles. The van der Waals surface area contributed by atoms with Crippen molar-refractivity contribution in [3.63, 3.8) is 0 Å². The lowest BCUT2D eigenvalue weighted by Gasteiger charge is -2.22. The number of aromatic hydroxyl groups is 1. The number of imidazole rings is 1. The van der Waals surface area contributed by atoms with Gasteiger partial charge in [0, 0.05) is 27.0 Å². The molecular formula is C54H53N3O. The van der Waals surface area contributed by atoms with Gasteiger partial charge in [-0.15, -0.1) is 0 Å². The smallest absolute Gasteiger partial charge is 0.149 e. The zero-order valence-electron chi connectivity index (χ0n) is 38.0. The Hall–Kier alpha value is -6.26. The normalized spacial score (nSPS) is 13.0. The third-order valence-electron chi connectivity index (χ3n) is 11.2. The number of rotatable bonds is 6. The number of phenolic OH excluding ortho intramolecular Hbond substituents is 1. The number of aromatic nitrogens is 3. The predicted octanol–water partition coefficient (Wildman–Crippen LogP) is 14.3. The van der Waals surface area contributed by atoms with Crippen LogP contribution in [0.2, 0.25) is 0 Å². The lowest BCUT2D eigenvalue weighted by molar-refractivity contribution is 0.472. The molecule has 0 spiro atoms. The number of benzene rings is 6. The van der Waals surface area contributed by atoms with E-state index in [1.807, 2.05) is 43.5 Å².